The van der Waals surface area contributed by atoms with E-state index in [9.17, 15) is 26.3 Å². The number of alkyl halides is 6. The van der Waals surface area contributed by atoms with Crippen molar-refractivity contribution in [3.8, 4) is 11.5 Å². The second-order valence-electron chi connectivity index (χ2n) is 3.25. The third kappa shape index (κ3) is 2.80. The molecule has 0 aliphatic rings. The predicted octanol–water partition coefficient (Wildman–Crippen LogP) is 3.74. The number of hydrogen-bond donors (Lipinski definition) is 0. The van der Waals surface area contributed by atoms with Crippen LogP contribution in [0.1, 0.15) is 11.1 Å². The Hall–Kier alpha value is -1.60. The summed E-state index contributed by atoms with van der Waals surface area (Å²) in [6.07, 6.45) is -9.89. The van der Waals surface area contributed by atoms with Crippen LogP contribution in [0.4, 0.5) is 26.3 Å². The zero-order chi connectivity index (χ0) is 14.1. The van der Waals surface area contributed by atoms with E-state index in [2.05, 4.69) is 9.47 Å². The Labute approximate surface area is 98.1 Å². The van der Waals surface area contributed by atoms with Crippen molar-refractivity contribution in [2.45, 2.75) is 12.4 Å². The minimum Gasteiger partial charge on any atom is -0.496 e. The Morgan fingerprint density at radius 1 is 0.722 bits per heavy atom. The third-order valence-electron chi connectivity index (χ3n) is 2.13. The van der Waals surface area contributed by atoms with Crippen molar-refractivity contribution in [3.05, 3.63) is 23.3 Å². The maximum absolute atomic E-state index is 12.6. The highest BCUT2D eigenvalue weighted by Gasteiger charge is 2.41. The number of rotatable bonds is 2. The first kappa shape index (κ1) is 14.5. The van der Waals surface area contributed by atoms with Crippen LogP contribution in [0.25, 0.3) is 0 Å². The molecular weight excluding hydrogens is 266 g/mol. The van der Waals surface area contributed by atoms with E-state index >= 15 is 0 Å². The Bertz CT molecular complexity index is 398. The molecule has 0 aliphatic carbocycles. The second kappa shape index (κ2) is 4.58. The van der Waals surface area contributed by atoms with Gasteiger partial charge in [0.1, 0.15) is 11.5 Å². The molecule has 18 heavy (non-hydrogen) atoms. The Morgan fingerprint density at radius 3 is 1.28 bits per heavy atom. The smallest absolute Gasteiger partial charge is 0.419 e. The molecule has 1 aromatic rings. The van der Waals surface area contributed by atoms with Crippen LogP contribution in [0, 0.1) is 0 Å². The van der Waals surface area contributed by atoms with Gasteiger partial charge in [-0.1, -0.05) is 0 Å². The molecule has 0 spiro atoms. The van der Waals surface area contributed by atoms with Gasteiger partial charge in [-0.15, -0.1) is 0 Å². The standard InChI is InChI=1S/C10H8F6O2/c1-17-7-4-8(18-2)6(10(14,15)16)3-5(7)9(11,12)13/h3-4H,1-2H3. The molecule has 0 atom stereocenters. The summed E-state index contributed by atoms with van der Waals surface area (Å²) < 4.78 is 84.1. The molecule has 0 unspecified atom stereocenters. The molecule has 1 rings (SSSR count). The fraction of sp³-hybridized carbons (Fsp3) is 0.400. The second-order valence-corrected chi connectivity index (χ2v) is 3.25. The lowest BCUT2D eigenvalue weighted by atomic mass is 10.1. The number of methoxy groups -OCH3 is 2. The van der Waals surface area contributed by atoms with Crippen molar-refractivity contribution in [2.75, 3.05) is 14.2 Å². The molecule has 1 aromatic carbocycles. The molecule has 0 saturated carbocycles. The number of hydrogen-bond acceptors (Lipinski definition) is 2. The van der Waals surface area contributed by atoms with Crippen LogP contribution >= 0.6 is 0 Å². The van der Waals surface area contributed by atoms with Crippen LogP contribution in [0.3, 0.4) is 0 Å². The first-order chi connectivity index (χ1) is 8.11. The van der Waals surface area contributed by atoms with Crippen LogP contribution in [-0.4, -0.2) is 14.2 Å². The highest BCUT2D eigenvalue weighted by Crippen LogP contribution is 2.44. The highest BCUT2D eigenvalue weighted by atomic mass is 19.4. The van der Waals surface area contributed by atoms with E-state index < -0.39 is 35.0 Å². The minimum atomic E-state index is -4.95. The zero-order valence-corrected chi connectivity index (χ0v) is 9.24. The summed E-state index contributed by atoms with van der Waals surface area (Å²) in [5.74, 6) is -1.46. The van der Waals surface area contributed by atoms with E-state index in [0.717, 1.165) is 14.2 Å². The SMILES string of the molecule is COc1cc(OC)c(C(F)(F)F)cc1C(F)(F)F. The van der Waals surface area contributed by atoms with Gasteiger partial charge in [0, 0.05) is 6.07 Å². The van der Waals surface area contributed by atoms with Gasteiger partial charge in [-0.25, -0.2) is 0 Å². The molecule has 0 bridgehead atoms. The summed E-state index contributed by atoms with van der Waals surface area (Å²) in [6.45, 7) is 0. The molecule has 0 heterocycles. The summed E-state index contributed by atoms with van der Waals surface area (Å²) in [5, 5.41) is 0. The quantitative estimate of drug-likeness (QED) is 0.765. The Balaban J connectivity index is 3.55. The van der Waals surface area contributed by atoms with Crippen LogP contribution in [0.5, 0.6) is 11.5 Å². The maximum atomic E-state index is 12.6. The molecule has 8 heteroatoms. The molecule has 0 aliphatic heterocycles. The topological polar surface area (TPSA) is 18.5 Å². The lowest BCUT2D eigenvalue weighted by Gasteiger charge is -2.17. The van der Waals surface area contributed by atoms with Crippen LogP contribution in [0.15, 0.2) is 12.1 Å². The summed E-state index contributed by atoms with van der Waals surface area (Å²) >= 11 is 0. The van der Waals surface area contributed by atoms with Gasteiger partial charge in [-0.3, -0.25) is 0 Å². The Kier molecular flexibility index (Phi) is 3.68. The van der Waals surface area contributed by atoms with E-state index in [-0.39, 0.29) is 6.07 Å². The molecule has 0 amide bonds. The molecule has 0 aromatic heterocycles. The molecule has 102 valence electrons. The summed E-state index contributed by atoms with van der Waals surface area (Å²) in [4.78, 5) is 0. The molecule has 0 N–H and O–H groups in total. The van der Waals surface area contributed by atoms with Crippen LogP contribution in [0.2, 0.25) is 0 Å². The molecule has 0 saturated heterocycles. The van der Waals surface area contributed by atoms with Gasteiger partial charge in [0.2, 0.25) is 0 Å². The predicted molar refractivity (Wildman–Crippen MR) is 49.6 cm³/mol. The minimum absolute atomic E-state index is 0.0301. The van der Waals surface area contributed by atoms with Crippen molar-refractivity contribution in [1.82, 2.24) is 0 Å². The average molecular weight is 274 g/mol. The molecule has 0 fully saturated rings. The summed E-state index contributed by atoms with van der Waals surface area (Å²) in [6, 6.07) is 0.531. The van der Waals surface area contributed by atoms with Gasteiger partial charge < -0.3 is 9.47 Å². The van der Waals surface area contributed by atoms with Gasteiger partial charge in [0.05, 0.1) is 25.3 Å². The summed E-state index contributed by atoms with van der Waals surface area (Å²) in [7, 11) is 1.86. The van der Waals surface area contributed by atoms with Gasteiger partial charge in [0.15, 0.2) is 0 Å². The molecule has 2 nitrogen and oxygen atoms in total. The van der Waals surface area contributed by atoms with E-state index in [1.807, 2.05) is 0 Å². The summed E-state index contributed by atoms with van der Waals surface area (Å²) in [5.41, 5.74) is -3.00. The van der Waals surface area contributed by atoms with Crippen molar-refractivity contribution >= 4 is 0 Å². The van der Waals surface area contributed by atoms with Gasteiger partial charge in [0.25, 0.3) is 0 Å². The largest absolute Gasteiger partial charge is 0.496 e. The van der Waals surface area contributed by atoms with E-state index in [0.29, 0.717) is 6.07 Å². The first-order valence-electron chi connectivity index (χ1n) is 4.51. The number of ether oxygens (including phenoxy) is 2. The fourth-order valence-electron chi connectivity index (χ4n) is 1.34. The highest BCUT2D eigenvalue weighted by molar-refractivity contribution is 5.49. The van der Waals surface area contributed by atoms with Crippen LogP contribution < -0.4 is 9.47 Å². The monoisotopic (exact) mass is 274 g/mol. The molecular formula is C10H8F6O2. The van der Waals surface area contributed by atoms with Crippen LogP contribution in [-0.2, 0) is 12.4 Å². The lowest BCUT2D eigenvalue weighted by molar-refractivity contribution is -0.144. The van der Waals surface area contributed by atoms with Crippen molar-refractivity contribution in [3.63, 3.8) is 0 Å². The van der Waals surface area contributed by atoms with Crippen molar-refractivity contribution < 1.29 is 35.8 Å². The fourth-order valence-corrected chi connectivity index (χ4v) is 1.34. The number of halogens is 6. The molecule has 0 radical (unpaired) electrons. The first-order valence-corrected chi connectivity index (χ1v) is 4.51. The number of benzene rings is 1. The zero-order valence-electron chi connectivity index (χ0n) is 9.24. The van der Waals surface area contributed by atoms with Gasteiger partial charge >= 0.3 is 12.4 Å². The van der Waals surface area contributed by atoms with Gasteiger partial charge in [-0.2, -0.15) is 26.3 Å². The average Bonchev–Trinajstić information content (AvgIpc) is 2.24. The van der Waals surface area contributed by atoms with Gasteiger partial charge in [-0.05, 0) is 6.07 Å². The lowest BCUT2D eigenvalue weighted by Crippen LogP contribution is -2.13. The van der Waals surface area contributed by atoms with Crippen molar-refractivity contribution in [1.29, 1.82) is 0 Å². The third-order valence-corrected chi connectivity index (χ3v) is 2.13. The maximum Gasteiger partial charge on any atom is 0.419 e. The van der Waals surface area contributed by atoms with E-state index in [1.54, 1.807) is 0 Å². The normalized spacial score (nSPS) is 12.4. The Morgan fingerprint density at radius 2 is 1.06 bits per heavy atom. The van der Waals surface area contributed by atoms with E-state index in [4.69, 9.17) is 0 Å². The van der Waals surface area contributed by atoms with Crippen molar-refractivity contribution in [2.24, 2.45) is 0 Å². The van der Waals surface area contributed by atoms with E-state index in [1.165, 1.54) is 0 Å².